The van der Waals surface area contributed by atoms with Gasteiger partial charge in [-0.3, -0.25) is 4.79 Å². The first kappa shape index (κ1) is 27.3. The lowest BCUT2D eigenvalue weighted by molar-refractivity contribution is 0.100. The number of piperidine rings is 1. The number of thiol groups is 1. The highest BCUT2D eigenvalue weighted by Gasteiger charge is 2.21. The fraction of sp³-hybridized carbons (Fsp3) is 0.464. The third kappa shape index (κ3) is 7.58. The van der Waals surface area contributed by atoms with E-state index in [1.54, 1.807) is 0 Å². The first-order valence-corrected chi connectivity index (χ1v) is 13.3. The molecule has 0 aliphatic carbocycles. The molecule has 0 bridgehead atoms. The molecule has 2 heterocycles. The summed E-state index contributed by atoms with van der Waals surface area (Å²) >= 11 is 4.07. The number of hydrogen-bond acceptors (Lipinski definition) is 5. The molecule has 7 heteroatoms. The normalized spacial score (nSPS) is 14.2. The third-order valence-electron chi connectivity index (χ3n) is 6.47. The predicted octanol–water partition coefficient (Wildman–Crippen LogP) is 4.38. The number of amides is 1. The standard InChI is InChI=1S/C23H28N4O.C5H13NS/c1-2-25-13-15-4-3-5-17(10-15)18-11-19-21(16-6-8-26-9-7-16)14-27-22(19)20(12-18)23(24)28;1-6(2)4-3-5-7/h3-5,10-12,14,16,25-27H,2,6-9,13H2,1H3,(H2,24,28);7H,3-5H2,1-2H3. The minimum Gasteiger partial charge on any atom is -0.366 e. The maximum Gasteiger partial charge on any atom is 0.250 e. The summed E-state index contributed by atoms with van der Waals surface area (Å²) in [4.78, 5) is 17.7. The minimum absolute atomic E-state index is 0.394. The zero-order valence-corrected chi connectivity index (χ0v) is 22.3. The van der Waals surface area contributed by atoms with E-state index in [0.29, 0.717) is 11.5 Å². The van der Waals surface area contributed by atoms with Crippen LogP contribution in [0.4, 0.5) is 0 Å². The zero-order chi connectivity index (χ0) is 25.2. The topological polar surface area (TPSA) is 86.2 Å². The molecule has 0 saturated carbocycles. The molecule has 1 fully saturated rings. The van der Waals surface area contributed by atoms with Crippen LogP contribution in [-0.2, 0) is 6.54 Å². The first-order chi connectivity index (χ1) is 16.9. The number of carbonyl (C=O) groups excluding carboxylic acids is 1. The summed E-state index contributed by atoms with van der Waals surface area (Å²) in [6.45, 7) is 7.09. The van der Waals surface area contributed by atoms with Crippen molar-refractivity contribution in [2.75, 3.05) is 46.0 Å². The van der Waals surface area contributed by atoms with Crippen molar-refractivity contribution >= 4 is 29.4 Å². The Kier molecular flexibility index (Phi) is 10.7. The summed E-state index contributed by atoms with van der Waals surface area (Å²) in [7, 11) is 4.15. The lowest BCUT2D eigenvalue weighted by Crippen LogP contribution is -2.26. The van der Waals surface area contributed by atoms with E-state index in [-0.39, 0.29) is 0 Å². The first-order valence-electron chi connectivity index (χ1n) is 12.7. The molecule has 1 saturated heterocycles. The molecule has 1 aliphatic rings. The van der Waals surface area contributed by atoms with E-state index >= 15 is 0 Å². The number of rotatable bonds is 9. The van der Waals surface area contributed by atoms with Gasteiger partial charge < -0.3 is 26.3 Å². The summed E-state index contributed by atoms with van der Waals surface area (Å²) in [5.74, 6) is 1.11. The number of nitrogens with one attached hydrogen (secondary N) is 3. The Hall–Kier alpha value is -2.32. The number of hydrogen-bond donors (Lipinski definition) is 5. The fourth-order valence-electron chi connectivity index (χ4n) is 4.60. The van der Waals surface area contributed by atoms with Gasteiger partial charge in [0.2, 0.25) is 0 Å². The van der Waals surface area contributed by atoms with Crippen LogP contribution in [0.3, 0.4) is 0 Å². The fourth-order valence-corrected chi connectivity index (χ4v) is 4.74. The van der Waals surface area contributed by atoms with Gasteiger partial charge in [-0.15, -0.1) is 0 Å². The van der Waals surface area contributed by atoms with E-state index in [9.17, 15) is 4.79 Å². The summed E-state index contributed by atoms with van der Waals surface area (Å²) in [6.07, 6.45) is 5.48. The van der Waals surface area contributed by atoms with Crippen LogP contribution in [0.15, 0.2) is 42.6 Å². The van der Waals surface area contributed by atoms with Gasteiger partial charge in [-0.05, 0) is 112 Å². The van der Waals surface area contributed by atoms with E-state index in [2.05, 4.69) is 90.7 Å². The predicted molar refractivity (Wildman–Crippen MR) is 152 cm³/mol. The van der Waals surface area contributed by atoms with Crippen LogP contribution in [0.1, 0.15) is 53.6 Å². The van der Waals surface area contributed by atoms with E-state index < -0.39 is 5.91 Å². The van der Waals surface area contributed by atoms with E-state index in [1.165, 1.54) is 17.5 Å². The molecule has 1 amide bonds. The number of nitrogens with zero attached hydrogens (tertiary/aromatic N) is 1. The minimum atomic E-state index is -0.394. The molecule has 0 atom stereocenters. The molecule has 0 unspecified atom stereocenters. The van der Waals surface area contributed by atoms with Crippen molar-refractivity contribution < 1.29 is 4.79 Å². The number of aromatic amines is 1. The molecule has 4 rings (SSSR count). The molecule has 2 aromatic carbocycles. The lowest BCUT2D eigenvalue weighted by atomic mass is 9.88. The Morgan fingerprint density at radius 3 is 2.57 bits per heavy atom. The molecule has 6 nitrogen and oxygen atoms in total. The van der Waals surface area contributed by atoms with E-state index in [1.807, 2.05) is 6.07 Å². The molecule has 0 radical (unpaired) electrons. The van der Waals surface area contributed by atoms with Gasteiger partial charge in [0.25, 0.3) is 5.91 Å². The van der Waals surface area contributed by atoms with Crippen LogP contribution >= 0.6 is 12.6 Å². The summed E-state index contributed by atoms with van der Waals surface area (Å²) in [5.41, 5.74) is 11.8. The van der Waals surface area contributed by atoms with Crippen molar-refractivity contribution in [2.24, 2.45) is 5.73 Å². The highest BCUT2D eigenvalue weighted by atomic mass is 32.1. The van der Waals surface area contributed by atoms with Crippen molar-refractivity contribution in [2.45, 2.75) is 38.6 Å². The summed E-state index contributed by atoms with van der Waals surface area (Å²) in [6, 6.07) is 12.6. The Balaban J connectivity index is 0.000000429. The van der Waals surface area contributed by atoms with Crippen LogP contribution in [0.5, 0.6) is 0 Å². The summed E-state index contributed by atoms with van der Waals surface area (Å²) < 4.78 is 0. The number of nitrogens with two attached hydrogens (primary N) is 1. The van der Waals surface area contributed by atoms with Crippen molar-refractivity contribution in [3.8, 4) is 11.1 Å². The maximum absolute atomic E-state index is 12.2. The van der Waals surface area contributed by atoms with Gasteiger partial charge in [-0.25, -0.2) is 0 Å². The van der Waals surface area contributed by atoms with Gasteiger partial charge in [-0.2, -0.15) is 12.6 Å². The molecule has 1 aromatic heterocycles. The van der Waals surface area contributed by atoms with Crippen LogP contribution in [-0.4, -0.2) is 61.8 Å². The number of fused-ring (bicyclic) bond motifs is 1. The Morgan fingerprint density at radius 2 is 1.94 bits per heavy atom. The van der Waals surface area contributed by atoms with Crippen LogP contribution in [0.2, 0.25) is 0 Å². The zero-order valence-electron chi connectivity index (χ0n) is 21.4. The van der Waals surface area contributed by atoms with Gasteiger partial charge in [0.05, 0.1) is 11.1 Å². The highest BCUT2D eigenvalue weighted by molar-refractivity contribution is 7.80. The van der Waals surface area contributed by atoms with Crippen molar-refractivity contribution in [3.05, 3.63) is 59.3 Å². The number of benzene rings is 2. The molecule has 1 aliphatic heterocycles. The smallest absolute Gasteiger partial charge is 0.250 e. The SMILES string of the molecule is CCNCc1cccc(-c2cc(C(N)=O)c3[nH]cc(C4CCNCC4)c3c2)c1.CN(C)CCCS. The number of carbonyl (C=O) groups is 1. The number of H-pyrrole nitrogens is 1. The third-order valence-corrected chi connectivity index (χ3v) is 6.78. The Bertz CT molecular complexity index is 1090. The average molecular weight is 496 g/mol. The lowest BCUT2D eigenvalue weighted by Gasteiger charge is -2.22. The Labute approximate surface area is 215 Å². The molecular weight excluding hydrogens is 454 g/mol. The van der Waals surface area contributed by atoms with Crippen molar-refractivity contribution in [3.63, 3.8) is 0 Å². The molecule has 5 N–H and O–H groups in total. The monoisotopic (exact) mass is 495 g/mol. The second-order valence-electron chi connectivity index (χ2n) is 9.44. The molecular formula is C28H41N5OS. The second kappa shape index (κ2) is 13.7. The van der Waals surface area contributed by atoms with Gasteiger partial charge in [0.1, 0.15) is 0 Å². The van der Waals surface area contributed by atoms with Crippen LogP contribution in [0.25, 0.3) is 22.0 Å². The van der Waals surface area contributed by atoms with E-state index in [4.69, 9.17) is 5.73 Å². The maximum atomic E-state index is 12.2. The van der Waals surface area contributed by atoms with Gasteiger partial charge in [0.15, 0.2) is 0 Å². The Morgan fingerprint density at radius 1 is 1.17 bits per heavy atom. The number of primary amides is 1. The quantitative estimate of drug-likeness (QED) is 0.285. The van der Waals surface area contributed by atoms with Crippen LogP contribution < -0.4 is 16.4 Å². The van der Waals surface area contributed by atoms with Crippen molar-refractivity contribution in [1.82, 2.24) is 20.5 Å². The molecule has 0 spiro atoms. The number of aromatic nitrogens is 1. The molecule has 190 valence electrons. The largest absolute Gasteiger partial charge is 0.366 e. The van der Waals surface area contributed by atoms with E-state index in [0.717, 1.165) is 73.3 Å². The molecule has 35 heavy (non-hydrogen) atoms. The summed E-state index contributed by atoms with van der Waals surface area (Å²) in [5, 5.41) is 7.91. The average Bonchev–Trinajstić information content (AvgIpc) is 3.30. The van der Waals surface area contributed by atoms with Gasteiger partial charge in [-0.1, -0.05) is 25.1 Å². The van der Waals surface area contributed by atoms with Gasteiger partial charge in [0, 0.05) is 18.1 Å². The van der Waals surface area contributed by atoms with Gasteiger partial charge >= 0.3 is 0 Å². The highest BCUT2D eigenvalue weighted by Crippen LogP contribution is 2.35. The second-order valence-corrected chi connectivity index (χ2v) is 9.89. The van der Waals surface area contributed by atoms with Crippen molar-refractivity contribution in [1.29, 1.82) is 0 Å². The molecule has 3 aromatic rings. The van der Waals surface area contributed by atoms with Crippen LogP contribution in [0, 0.1) is 0 Å².